The Morgan fingerprint density at radius 2 is 0.628 bits per heavy atom. The number of rotatable bonds is 34. The maximum atomic E-state index is 5.10. The second-order valence-electron chi connectivity index (χ2n) is 14.0. The molecule has 0 bridgehead atoms. The van der Waals surface area contributed by atoms with Gasteiger partial charge in [0.05, 0.1) is 0 Å². The molecule has 1 rings (SSSR count). The molecule has 0 aliphatic heterocycles. The fourth-order valence-electron chi connectivity index (χ4n) is 6.68. The highest BCUT2D eigenvalue weighted by molar-refractivity contribution is 5.22. The molecule has 0 aliphatic carbocycles. The molecule has 1 heteroatoms. The first-order valence-corrected chi connectivity index (χ1v) is 20.1. The highest BCUT2D eigenvalue weighted by Gasteiger charge is 2.04. The summed E-state index contributed by atoms with van der Waals surface area (Å²) >= 11 is 0. The minimum atomic E-state index is 0.987. The molecule has 43 heavy (non-hydrogen) atoms. The number of pyridine rings is 1. The molecule has 251 valence electrons. The highest BCUT2D eigenvalue weighted by atomic mass is 14.7. The predicted molar refractivity (Wildman–Crippen MR) is 195 cm³/mol. The van der Waals surface area contributed by atoms with E-state index >= 15 is 0 Å². The molecule has 0 saturated carbocycles. The molecule has 0 amide bonds. The average Bonchev–Trinajstić information content (AvgIpc) is 3.01. The lowest BCUT2D eigenvalue weighted by molar-refractivity contribution is 0.531. The van der Waals surface area contributed by atoms with Crippen molar-refractivity contribution in [1.82, 2.24) is 4.98 Å². The van der Waals surface area contributed by atoms with Crippen molar-refractivity contribution in [2.75, 3.05) is 0 Å². The topological polar surface area (TPSA) is 12.9 Å². The molecule has 1 radical (unpaired) electrons. The molecular formula is C42H78N. The van der Waals surface area contributed by atoms with Crippen LogP contribution in [0.15, 0.2) is 12.1 Å². The van der Waals surface area contributed by atoms with Crippen molar-refractivity contribution in [2.45, 2.75) is 232 Å². The van der Waals surface area contributed by atoms with Gasteiger partial charge in [-0.2, -0.15) is 0 Å². The highest BCUT2D eigenvalue weighted by Crippen LogP contribution is 2.18. The Morgan fingerprint density at radius 3 is 0.884 bits per heavy atom. The summed E-state index contributed by atoms with van der Waals surface area (Å²) in [6.07, 6.45) is 47.3. The van der Waals surface area contributed by atoms with Gasteiger partial charge in [0.2, 0.25) is 0 Å². The molecular weight excluding hydrogens is 518 g/mol. The normalized spacial score (nSPS) is 11.5. The zero-order valence-electron chi connectivity index (χ0n) is 29.9. The minimum absolute atomic E-state index is 0.987. The van der Waals surface area contributed by atoms with Crippen LogP contribution < -0.4 is 0 Å². The Morgan fingerprint density at radius 1 is 0.372 bits per heavy atom. The Kier molecular flexibility index (Phi) is 30.4. The maximum absolute atomic E-state index is 5.10. The van der Waals surface area contributed by atoms with Gasteiger partial charge in [0.1, 0.15) is 0 Å². The Hall–Kier alpha value is -0.850. The van der Waals surface area contributed by atoms with Gasteiger partial charge in [-0.1, -0.05) is 201 Å². The quantitative estimate of drug-likeness (QED) is 0.0721. The number of nitrogens with zero attached hydrogens (tertiary/aromatic N) is 1. The van der Waals surface area contributed by atoms with E-state index in [-0.39, 0.29) is 0 Å². The Bertz CT molecular complexity index is 627. The molecule has 0 spiro atoms. The van der Waals surface area contributed by atoms with Gasteiger partial charge >= 0.3 is 0 Å². The summed E-state index contributed by atoms with van der Waals surface area (Å²) in [7, 11) is 0. The van der Waals surface area contributed by atoms with E-state index < -0.39 is 0 Å². The van der Waals surface area contributed by atoms with E-state index in [9.17, 15) is 0 Å². The zero-order chi connectivity index (χ0) is 30.9. The van der Waals surface area contributed by atoms with E-state index in [0.717, 1.165) is 25.7 Å². The molecule has 0 aromatic carbocycles. The van der Waals surface area contributed by atoms with Crippen molar-refractivity contribution in [1.29, 1.82) is 0 Å². The second-order valence-corrected chi connectivity index (χ2v) is 14.0. The van der Waals surface area contributed by atoms with Crippen molar-refractivity contribution in [3.63, 3.8) is 0 Å². The number of aryl methyl sites for hydroxylation is 3. The van der Waals surface area contributed by atoms with Gasteiger partial charge in [-0.15, -0.1) is 0 Å². The van der Waals surface area contributed by atoms with E-state index in [4.69, 9.17) is 4.98 Å². The van der Waals surface area contributed by atoms with Crippen molar-refractivity contribution in [3.05, 3.63) is 36.0 Å². The van der Waals surface area contributed by atoms with Crippen LogP contribution >= 0.6 is 0 Å². The predicted octanol–water partition coefficient (Wildman–Crippen LogP) is 14.7. The molecule has 0 atom stereocenters. The fraction of sp³-hybridized carbons (Fsp3) is 0.857. The number of aromatic nitrogens is 1. The van der Waals surface area contributed by atoms with Crippen LogP contribution in [0.3, 0.4) is 0 Å². The molecule has 1 heterocycles. The third-order valence-electron chi connectivity index (χ3n) is 9.53. The van der Waals surface area contributed by atoms with Crippen LogP contribution in [0.25, 0.3) is 0 Å². The van der Waals surface area contributed by atoms with E-state index in [1.807, 2.05) is 0 Å². The van der Waals surface area contributed by atoms with Crippen LogP contribution in [-0.4, -0.2) is 4.98 Å². The van der Waals surface area contributed by atoms with E-state index in [1.165, 1.54) is 210 Å². The zero-order valence-corrected chi connectivity index (χ0v) is 29.9. The van der Waals surface area contributed by atoms with Crippen LogP contribution in [-0.2, 0) is 19.3 Å². The van der Waals surface area contributed by atoms with Crippen molar-refractivity contribution in [3.8, 4) is 0 Å². The molecule has 1 aromatic heterocycles. The van der Waals surface area contributed by atoms with E-state index in [2.05, 4.69) is 32.9 Å². The Labute approximate surface area is 272 Å². The molecule has 0 saturated heterocycles. The second kappa shape index (κ2) is 32.5. The van der Waals surface area contributed by atoms with Gasteiger partial charge in [0.15, 0.2) is 0 Å². The van der Waals surface area contributed by atoms with Crippen molar-refractivity contribution < 1.29 is 0 Å². The first-order chi connectivity index (χ1) is 21.3. The van der Waals surface area contributed by atoms with Crippen molar-refractivity contribution in [2.24, 2.45) is 0 Å². The van der Waals surface area contributed by atoms with Crippen molar-refractivity contribution >= 4 is 0 Å². The van der Waals surface area contributed by atoms with E-state index in [0.29, 0.717) is 0 Å². The van der Waals surface area contributed by atoms with Crippen LogP contribution in [0.1, 0.15) is 230 Å². The number of hydrogen-bond acceptors (Lipinski definition) is 1. The lowest BCUT2D eigenvalue weighted by Gasteiger charge is -2.09. The molecule has 1 aromatic rings. The average molecular weight is 597 g/mol. The standard InChI is InChI=1S/C42H78N/c1-4-7-9-11-13-15-17-19-21-23-25-27-29-31-33-36-41-38-40(35-6-3)39-42(43-41)37-34-32-30-28-26-24-22-20-18-16-14-12-10-8-5-2/h38-39H,3-37H2,1-2H3. The van der Waals surface area contributed by atoms with Gasteiger partial charge in [0, 0.05) is 11.4 Å². The summed E-state index contributed by atoms with van der Waals surface area (Å²) in [5, 5.41) is 0. The molecule has 0 aliphatic rings. The summed E-state index contributed by atoms with van der Waals surface area (Å²) in [6.45, 7) is 8.72. The summed E-state index contributed by atoms with van der Waals surface area (Å²) in [5.74, 6) is 0. The number of hydrogen-bond donors (Lipinski definition) is 0. The number of unbranched alkanes of at least 4 members (excludes halogenated alkanes) is 28. The summed E-state index contributed by atoms with van der Waals surface area (Å²) in [4.78, 5) is 5.10. The first kappa shape index (κ1) is 40.2. The summed E-state index contributed by atoms with van der Waals surface area (Å²) in [5.41, 5.74) is 4.16. The molecule has 0 fully saturated rings. The summed E-state index contributed by atoms with van der Waals surface area (Å²) in [6, 6.07) is 4.76. The van der Waals surface area contributed by atoms with Gasteiger partial charge < -0.3 is 0 Å². The van der Waals surface area contributed by atoms with Gasteiger partial charge in [-0.05, 0) is 56.2 Å². The monoisotopic (exact) mass is 597 g/mol. The molecule has 1 nitrogen and oxygen atoms in total. The summed E-state index contributed by atoms with van der Waals surface area (Å²) < 4.78 is 0. The van der Waals surface area contributed by atoms with Gasteiger partial charge in [-0.25, -0.2) is 0 Å². The third-order valence-corrected chi connectivity index (χ3v) is 9.53. The van der Waals surface area contributed by atoms with Crippen LogP contribution in [0.2, 0.25) is 0 Å². The van der Waals surface area contributed by atoms with E-state index in [1.54, 1.807) is 0 Å². The molecule has 0 N–H and O–H groups in total. The first-order valence-electron chi connectivity index (χ1n) is 20.1. The van der Waals surface area contributed by atoms with Crippen LogP contribution in [0.4, 0.5) is 0 Å². The smallest absolute Gasteiger partial charge is 0.0409 e. The maximum Gasteiger partial charge on any atom is 0.0409 e. The third kappa shape index (κ3) is 27.2. The Balaban J connectivity index is 2.04. The van der Waals surface area contributed by atoms with Crippen LogP contribution in [0.5, 0.6) is 0 Å². The lowest BCUT2D eigenvalue weighted by Crippen LogP contribution is -2.00. The lowest BCUT2D eigenvalue weighted by atomic mass is 10.0. The molecule has 0 unspecified atom stereocenters. The van der Waals surface area contributed by atoms with Gasteiger partial charge in [0.25, 0.3) is 0 Å². The largest absolute Gasteiger partial charge is 0.258 e. The fourth-order valence-corrected chi connectivity index (χ4v) is 6.68. The van der Waals surface area contributed by atoms with Gasteiger partial charge in [-0.3, -0.25) is 4.98 Å². The minimum Gasteiger partial charge on any atom is -0.258 e. The van der Waals surface area contributed by atoms with Crippen LogP contribution in [0, 0.1) is 6.92 Å². The SMILES string of the molecule is [CH2]CCc1cc(CCCCCCCCCCCCCCCCC)nc(CCCCCCCCCCCCCCCCC)c1.